The Hall–Kier alpha value is -4.33. The number of amides is 1. The molecule has 2 aromatic heterocycles. The van der Waals surface area contributed by atoms with Crippen molar-refractivity contribution in [1.29, 1.82) is 5.26 Å². The van der Waals surface area contributed by atoms with E-state index in [-0.39, 0.29) is 17.8 Å². The summed E-state index contributed by atoms with van der Waals surface area (Å²) in [6.45, 7) is 9.01. The van der Waals surface area contributed by atoms with Crippen LogP contribution in [-0.2, 0) is 18.4 Å². The number of nitrogens with one attached hydrogen (secondary N) is 1. The summed E-state index contributed by atoms with van der Waals surface area (Å²) in [6.07, 6.45) is 4.44. The summed E-state index contributed by atoms with van der Waals surface area (Å²) in [4.78, 5) is 43.5. The number of fused-ring (bicyclic) bond motifs is 1. The molecule has 16 heteroatoms. The van der Waals surface area contributed by atoms with Crippen molar-refractivity contribution < 1.29 is 27.9 Å². The standard InChI is InChI=1S/C32H44N10O.C2HF3O2/c1-38-14-12-25(13-15-38)22-41-18-16-40(17-19-41)21-24-8-10-26(11-9-24)32(43)37-42(27-6-4-3-5-7-27)31-29-30(39(2)23-34-29)35-28(20-33)36-31;3-2(4,5)1(6)7/h8-11,23,25,27H,3-7,12-19,21-22H2,1-2H3,(H,37,43);(H,6,7). The number of halogens is 3. The molecule has 6 rings (SSSR count). The van der Waals surface area contributed by atoms with Crippen molar-refractivity contribution in [3.05, 3.63) is 47.5 Å². The number of carboxylic acid groups (broad SMARTS) is 1. The molecule has 1 saturated carbocycles. The zero-order valence-corrected chi connectivity index (χ0v) is 28.6. The molecule has 0 spiro atoms. The molecule has 4 heterocycles. The minimum absolute atomic E-state index is 0.0631. The number of carbonyl (C=O) groups excluding carboxylic acids is 1. The van der Waals surface area contributed by atoms with E-state index in [0.717, 1.165) is 64.3 Å². The van der Waals surface area contributed by atoms with Crippen LogP contribution in [0.1, 0.15) is 66.7 Å². The first-order valence-electron chi connectivity index (χ1n) is 17.1. The molecular formula is C34H45F3N10O3. The highest BCUT2D eigenvalue weighted by molar-refractivity contribution is 5.96. The Balaban J connectivity index is 0.000000630. The SMILES string of the molecule is CN1CCC(CN2CCN(Cc3ccc(C(=O)NN(c4nc(C#N)nc5c4ncn5C)C4CCCCC4)cc3)CC2)CC1.O=C(O)C(F)(F)F. The third-order valence-corrected chi connectivity index (χ3v) is 9.72. The maximum absolute atomic E-state index is 13.6. The number of aliphatic carboxylic acids is 1. The maximum atomic E-state index is 13.6. The van der Waals surface area contributed by atoms with Gasteiger partial charge < -0.3 is 19.5 Å². The number of carbonyl (C=O) groups is 2. The lowest BCUT2D eigenvalue weighted by atomic mass is 9.95. The molecule has 3 aromatic rings. The summed E-state index contributed by atoms with van der Waals surface area (Å²) in [5.41, 5.74) is 6.10. The molecular weight excluding hydrogens is 653 g/mol. The van der Waals surface area contributed by atoms with Crippen LogP contribution in [0.4, 0.5) is 19.0 Å². The number of nitriles is 1. The van der Waals surface area contributed by atoms with Gasteiger partial charge in [-0.3, -0.25) is 20.1 Å². The predicted octanol–water partition coefficient (Wildman–Crippen LogP) is 3.81. The van der Waals surface area contributed by atoms with Crippen molar-refractivity contribution in [1.82, 2.24) is 39.6 Å². The van der Waals surface area contributed by atoms with Gasteiger partial charge in [-0.15, -0.1) is 0 Å². The molecule has 270 valence electrons. The van der Waals surface area contributed by atoms with Gasteiger partial charge in [0.2, 0.25) is 5.82 Å². The highest BCUT2D eigenvalue weighted by Gasteiger charge is 2.38. The van der Waals surface area contributed by atoms with Crippen LogP contribution in [0.3, 0.4) is 0 Å². The number of anilines is 1. The Bertz CT molecular complexity index is 1640. The molecule has 13 nitrogen and oxygen atoms in total. The van der Waals surface area contributed by atoms with Crippen LogP contribution in [-0.4, -0.2) is 116 Å². The Morgan fingerprint density at radius 2 is 1.58 bits per heavy atom. The molecule has 3 fully saturated rings. The van der Waals surface area contributed by atoms with Crippen LogP contribution in [0.2, 0.25) is 0 Å². The van der Waals surface area contributed by atoms with Gasteiger partial charge in [-0.05, 0) is 69.4 Å². The highest BCUT2D eigenvalue weighted by atomic mass is 19.4. The zero-order chi connectivity index (χ0) is 35.8. The minimum atomic E-state index is -5.08. The van der Waals surface area contributed by atoms with Crippen LogP contribution < -0.4 is 10.4 Å². The fourth-order valence-electron chi connectivity index (χ4n) is 6.80. The Morgan fingerprint density at radius 1 is 0.960 bits per heavy atom. The average Bonchev–Trinajstić information content (AvgIpc) is 3.49. The lowest BCUT2D eigenvalue weighted by Gasteiger charge is -2.38. The number of benzene rings is 1. The van der Waals surface area contributed by atoms with Gasteiger partial charge in [0, 0.05) is 51.9 Å². The topological polar surface area (TPSA) is 147 Å². The van der Waals surface area contributed by atoms with Crippen LogP contribution in [0.5, 0.6) is 0 Å². The van der Waals surface area contributed by atoms with Gasteiger partial charge in [-0.2, -0.15) is 28.4 Å². The zero-order valence-electron chi connectivity index (χ0n) is 28.6. The number of carboxylic acids is 1. The second kappa shape index (κ2) is 16.6. The molecule has 0 bridgehead atoms. The van der Waals surface area contributed by atoms with Crippen LogP contribution in [0.25, 0.3) is 11.2 Å². The number of alkyl halides is 3. The fraction of sp³-hybridized carbons (Fsp3) is 0.588. The molecule has 3 aliphatic rings. The lowest BCUT2D eigenvalue weighted by molar-refractivity contribution is -0.192. The van der Waals surface area contributed by atoms with Crippen LogP contribution in [0, 0.1) is 17.2 Å². The van der Waals surface area contributed by atoms with Gasteiger partial charge in [-0.1, -0.05) is 31.4 Å². The monoisotopic (exact) mass is 698 g/mol. The number of imidazole rings is 1. The van der Waals surface area contributed by atoms with Gasteiger partial charge in [0.1, 0.15) is 6.07 Å². The van der Waals surface area contributed by atoms with E-state index in [1.165, 1.54) is 44.5 Å². The first-order valence-corrected chi connectivity index (χ1v) is 17.1. The summed E-state index contributed by atoms with van der Waals surface area (Å²) in [5.74, 6) is -1.57. The van der Waals surface area contributed by atoms with E-state index in [1.54, 1.807) is 10.9 Å². The van der Waals surface area contributed by atoms with E-state index >= 15 is 0 Å². The Labute approximate surface area is 289 Å². The number of piperidine rings is 1. The molecule has 1 amide bonds. The quantitative estimate of drug-likeness (QED) is 0.331. The van der Waals surface area contributed by atoms with Gasteiger partial charge >= 0.3 is 12.1 Å². The summed E-state index contributed by atoms with van der Waals surface area (Å²) in [7, 11) is 4.07. The molecule has 2 aliphatic heterocycles. The molecule has 1 aromatic carbocycles. The minimum Gasteiger partial charge on any atom is -0.475 e. The van der Waals surface area contributed by atoms with E-state index in [2.05, 4.69) is 60.3 Å². The first kappa shape index (κ1) is 36.9. The number of piperazine rings is 1. The van der Waals surface area contributed by atoms with Crippen molar-refractivity contribution in [3.8, 4) is 6.07 Å². The molecule has 2 saturated heterocycles. The Kier molecular flexibility index (Phi) is 12.3. The molecule has 0 radical (unpaired) electrons. The predicted molar refractivity (Wildman–Crippen MR) is 180 cm³/mol. The third-order valence-electron chi connectivity index (χ3n) is 9.72. The molecule has 0 unspecified atom stereocenters. The van der Waals surface area contributed by atoms with Gasteiger partial charge in [0.05, 0.1) is 12.4 Å². The van der Waals surface area contributed by atoms with E-state index < -0.39 is 12.1 Å². The number of hydrogen-bond acceptors (Lipinski definition) is 10. The summed E-state index contributed by atoms with van der Waals surface area (Å²) >= 11 is 0. The number of hydrazine groups is 1. The normalized spacial score (nSPS) is 18.6. The van der Waals surface area contributed by atoms with Gasteiger partial charge in [0.25, 0.3) is 5.91 Å². The fourth-order valence-corrected chi connectivity index (χ4v) is 6.80. The van der Waals surface area contributed by atoms with Crippen molar-refractivity contribution >= 4 is 28.9 Å². The van der Waals surface area contributed by atoms with Crippen LogP contribution in [0.15, 0.2) is 30.6 Å². The average molecular weight is 699 g/mol. The maximum Gasteiger partial charge on any atom is 0.490 e. The number of nitrogens with zero attached hydrogens (tertiary/aromatic N) is 9. The second-order valence-electron chi connectivity index (χ2n) is 13.4. The second-order valence-corrected chi connectivity index (χ2v) is 13.4. The van der Waals surface area contributed by atoms with Gasteiger partial charge in [0.15, 0.2) is 17.0 Å². The van der Waals surface area contributed by atoms with E-state index in [9.17, 15) is 23.2 Å². The molecule has 2 N–H and O–H groups in total. The summed E-state index contributed by atoms with van der Waals surface area (Å²) in [5, 5.41) is 18.6. The summed E-state index contributed by atoms with van der Waals surface area (Å²) in [6, 6.07) is 10.1. The molecule has 0 atom stereocenters. The number of aromatic nitrogens is 4. The van der Waals surface area contributed by atoms with Crippen LogP contribution >= 0.6 is 0 Å². The largest absolute Gasteiger partial charge is 0.490 e. The van der Waals surface area contributed by atoms with E-state index in [4.69, 9.17) is 9.90 Å². The van der Waals surface area contributed by atoms with Crippen molar-refractivity contribution in [2.45, 2.75) is 63.7 Å². The molecule has 50 heavy (non-hydrogen) atoms. The van der Waals surface area contributed by atoms with E-state index in [1.807, 2.05) is 24.2 Å². The van der Waals surface area contributed by atoms with Crippen molar-refractivity contribution in [2.75, 3.05) is 57.9 Å². The van der Waals surface area contributed by atoms with Crippen molar-refractivity contribution in [2.24, 2.45) is 13.0 Å². The number of rotatable bonds is 8. The number of aryl methyl sites for hydroxylation is 1. The smallest absolute Gasteiger partial charge is 0.475 e. The number of hydrogen-bond donors (Lipinski definition) is 2. The van der Waals surface area contributed by atoms with E-state index in [0.29, 0.717) is 22.5 Å². The Morgan fingerprint density at radius 3 is 2.18 bits per heavy atom. The lowest BCUT2D eigenvalue weighted by Crippen LogP contribution is -2.50. The first-order chi connectivity index (χ1) is 23.9. The summed E-state index contributed by atoms with van der Waals surface area (Å²) < 4.78 is 33.5. The third kappa shape index (κ3) is 9.67. The van der Waals surface area contributed by atoms with Gasteiger partial charge in [-0.25, -0.2) is 9.78 Å². The highest BCUT2D eigenvalue weighted by Crippen LogP contribution is 2.29. The van der Waals surface area contributed by atoms with Crippen molar-refractivity contribution in [3.63, 3.8) is 0 Å². The molecule has 1 aliphatic carbocycles. The number of likely N-dealkylation sites (tertiary alicyclic amines) is 1.